The zero-order valence-corrected chi connectivity index (χ0v) is 110. The number of para-hydroxylation sites is 2. The number of ether oxygens (including phenoxy) is 4. The van der Waals surface area contributed by atoms with Gasteiger partial charge in [-0.3, -0.25) is 0 Å². The van der Waals surface area contributed by atoms with Gasteiger partial charge in [0, 0.05) is 75.8 Å². The van der Waals surface area contributed by atoms with Crippen molar-refractivity contribution in [2.45, 2.75) is 92.4 Å². The first-order valence-electron chi connectivity index (χ1n) is 39.4. The molecule has 0 heterocycles. The van der Waals surface area contributed by atoms with Crippen molar-refractivity contribution in [2.75, 3.05) is 28.4 Å². The molecule has 0 saturated carbocycles. The molecule has 0 aliphatic rings. The number of hydrogen-bond donors (Lipinski definition) is 6. The van der Waals surface area contributed by atoms with Crippen LogP contribution >= 0.6 is 154 Å². The summed E-state index contributed by atoms with van der Waals surface area (Å²) in [6, 6.07) is 62.8. The minimum atomic E-state index is -1.74. The number of phenolic OH excluding ortho intramolecular Hbond substituents is 6. The van der Waals surface area contributed by atoms with E-state index in [0.29, 0.717) is 82.2 Å². The van der Waals surface area contributed by atoms with Gasteiger partial charge in [0.15, 0.2) is 23.0 Å². The summed E-state index contributed by atoms with van der Waals surface area (Å²) in [7, 11) is 59.3. The normalized spacial score (nSPS) is 10.9. The summed E-state index contributed by atoms with van der Waals surface area (Å²) in [5.74, 6) is 0.778. The van der Waals surface area contributed by atoms with Gasteiger partial charge < -0.3 is 49.6 Å². The second-order valence-corrected chi connectivity index (χ2v) is 82.0. The maximum atomic E-state index is 14.0. The number of aromatic hydroxyl groups is 6. The number of benzene rings is 12. The Kier molecular flexibility index (Phi) is 71.0. The number of aryl methyl sites for hydroxylation is 2. The molecule has 726 valence electrons. The van der Waals surface area contributed by atoms with Crippen LogP contribution in [0.2, 0.25) is 78.6 Å². The Labute approximate surface area is 917 Å². The van der Waals surface area contributed by atoms with Gasteiger partial charge in [0.05, 0.1) is 60.7 Å². The summed E-state index contributed by atoms with van der Waals surface area (Å²) in [4.78, 5) is 0. The Hall–Kier alpha value is 0.376. The van der Waals surface area contributed by atoms with E-state index in [2.05, 4.69) is 84.6 Å². The van der Waals surface area contributed by atoms with E-state index < -0.39 is 169 Å². The Morgan fingerprint density at radius 1 is 0.259 bits per heavy atom. The first-order valence-corrected chi connectivity index (χ1v) is 97.3. The van der Waals surface area contributed by atoms with Gasteiger partial charge in [0.1, 0.15) is 75.2 Å². The summed E-state index contributed by atoms with van der Waals surface area (Å²) >= 11 is -4.95. The van der Waals surface area contributed by atoms with Crippen molar-refractivity contribution in [3.8, 4) is 57.5 Å². The van der Waals surface area contributed by atoms with Crippen LogP contribution in [0.5, 0.6) is 57.5 Å². The molecule has 45 heteroatoms. The molecule has 6 unspecified atom stereocenters. The van der Waals surface area contributed by atoms with Crippen LogP contribution in [0.25, 0.3) is 0 Å². The average Bonchev–Trinajstić information content (AvgIpc) is 0.783. The van der Waals surface area contributed by atoms with Gasteiger partial charge in [-0.15, -0.1) is 0 Å². The molecule has 12 aromatic carbocycles. The number of halogens is 19. The van der Waals surface area contributed by atoms with Crippen molar-refractivity contribution in [2.24, 2.45) is 0 Å². The first kappa shape index (κ1) is 133. The van der Waals surface area contributed by atoms with Gasteiger partial charge in [-0.25, -0.2) is 30.7 Å². The summed E-state index contributed by atoms with van der Waals surface area (Å²) in [5, 5.41) is 73.4. The molecule has 0 spiro atoms. The summed E-state index contributed by atoms with van der Waals surface area (Å²) in [6.45, 7) is 30.5. The number of phenols is 6. The third kappa shape index (κ3) is 50.8. The summed E-state index contributed by atoms with van der Waals surface area (Å²) in [5.41, 5.74) is 1.84. The molecule has 0 aliphatic heterocycles. The average molecular weight is 2750 g/mol. The van der Waals surface area contributed by atoms with Gasteiger partial charge >= 0.3 is 227 Å². The first-order chi connectivity index (χ1) is 63.5. The van der Waals surface area contributed by atoms with Gasteiger partial charge in [0.25, 0.3) is 0 Å². The molecule has 0 fully saturated rings. The van der Waals surface area contributed by atoms with E-state index in [1.165, 1.54) is 68.1 Å². The fourth-order valence-corrected chi connectivity index (χ4v) is 23.8. The molecule has 6 N–H and O–H groups in total. The van der Waals surface area contributed by atoms with Crippen molar-refractivity contribution in [1.29, 1.82) is 0 Å². The maximum absolute atomic E-state index is 14.0. The molecule has 0 aromatic heterocycles. The zero-order chi connectivity index (χ0) is 103. The Morgan fingerprint density at radius 3 is 1.03 bits per heavy atom. The van der Waals surface area contributed by atoms with Crippen LogP contribution in [-0.4, -0.2) is 91.4 Å². The molecule has 10 nitrogen and oxygen atoms in total. The fraction of sp³-hybridized carbons (Fsp3) is 0.200. The molecule has 0 aliphatic carbocycles. The quantitative estimate of drug-likeness (QED) is 0.0246. The van der Waals surface area contributed by atoms with E-state index in [1.807, 2.05) is 68.4 Å². The van der Waals surface area contributed by atoms with E-state index in [1.54, 1.807) is 128 Å². The molecule has 0 radical (unpaired) electrons. The third-order valence-electron chi connectivity index (χ3n) is 17.9. The SMILES string of the molecule is COc1cc(OC)c(O)c(Pc2ccccc2F)c1.COc1ccc(O)c(Pc2ccccc2F)c1.COc1cccc(Pc2ccccc2F)c1O.C[Si](C)(C)c1cc(Pc2ccc(F)cc2F)c(O)c([Si](C)(C)C)c1.Cc1ccc(Pc2cc([Si](C)(C)C)ccc2O)c(F)c1.Cc1cccc(F)c1Pc1cccc([Si](C)(C)C)c1O.[Cl][Zr][Cl].[Cl][Zr][Cl].[Cl][Zr][Cl].[Cl][Zr][Cl].[Cl][Zr][Cl].[Cl][Zr][Cl]. The van der Waals surface area contributed by atoms with Crippen LogP contribution in [0.4, 0.5) is 30.7 Å². The Bertz CT molecular complexity index is 5500. The van der Waals surface area contributed by atoms with Crippen molar-refractivity contribution in [3.05, 3.63) is 276 Å². The monoisotopic (exact) mass is 2730 g/mol. The summed E-state index contributed by atoms with van der Waals surface area (Å²) < 4.78 is 116. The molecule has 0 amide bonds. The van der Waals surface area contributed by atoms with Crippen LogP contribution in [0.1, 0.15) is 11.1 Å². The van der Waals surface area contributed by atoms with Gasteiger partial charge in [0.2, 0.25) is 0 Å². The Morgan fingerprint density at radius 2 is 0.607 bits per heavy atom. The second-order valence-electron chi connectivity index (χ2n) is 31.5. The second kappa shape index (κ2) is 71.9. The van der Waals surface area contributed by atoms with E-state index in [4.69, 9.17) is 121 Å². The Balaban J connectivity index is 0.000000782. The number of rotatable bonds is 20. The fourth-order valence-electron chi connectivity index (χ4n) is 11.2. The molecule has 0 saturated heterocycles. The van der Waals surface area contributed by atoms with Crippen molar-refractivity contribution in [1.82, 2.24) is 0 Å². The molecule has 6 atom stereocenters. The van der Waals surface area contributed by atoms with Gasteiger partial charge in [-0.2, -0.15) is 0 Å². The predicted octanol–water partition coefficient (Wildman–Crippen LogP) is 24.2. The van der Waals surface area contributed by atoms with E-state index >= 15 is 0 Å². The number of hydrogen-bond acceptors (Lipinski definition) is 10. The topological polar surface area (TPSA) is 158 Å². The molecule has 12 aromatic rings. The van der Waals surface area contributed by atoms with E-state index in [0.717, 1.165) is 43.5 Å². The zero-order valence-electron chi connectivity index (χ0n) is 76.4. The van der Waals surface area contributed by atoms with Crippen LogP contribution in [0, 0.1) is 54.6 Å². The third-order valence-corrected chi connectivity index (χ3v) is 34.2. The number of methoxy groups -OCH3 is 4. The van der Waals surface area contributed by atoms with Crippen LogP contribution in [-0.2, 0) is 125 Å². The van der Waals surface area contributed by atoms with Crippen molar-refractivity contribution in [3.63, 3.8) is 0 Å². The summed E-state index contributed by atoms with van der Waals surface area (Å²) in [6.07, 6.45) is 0. The molecule has 12 rings (SSSR count). The van der Waals surface area contributed by atoms with Crippen LogP contribution in [0.15, 0.2) is 224 Å². The van der Waals surface area contributed by atoms with Crippen molar-refractivity contribution >= 4 is 270 Å². The van der Waals surface area contributed by atoms with Gasteiger partial charge in [-0.1, -0.05) is 274 Å². The van der Waals surface area contributed by atoms with E-state index in [-0.39, 0.29) is 104 Å². The van der Waals surface area contributed by atoms with Crippen molar-refractivity contribution < 1.29 is 205 Å². The molecule has 0 bridgehead atoms. The van der Waals surface area contributed by atoms with E-state index in [9.17, 15) is 61.4 Å². The van der Waals surface area contributed by atoms with Crippen LogP contribution < -0.4 is 103 Å². The minimum absolute atomic E-state index is 0.0118. The molecular formula is C90H103Cl12F7O10P6Si4Zr6. The van der Waals surface area contributed by atoms with Gasteiger partial charge in [-0.05, 0) is 114 Å². The molecule has 135 heavy (non-hydrogen) atoms. The predicted molar refractivity (Wildman–Crippen MR) is 570 cm³/mol. The van der Waals surface area contributed by atoms with Crippen LogP contribution in [0.3, 0.4) is 0 Å². The standard InChI is InChI=1S/C18H25F2OPSi2.2C16H20FOPSi.C14H14FO3P.2C13H12FO2P.12ClH.6Zr/c1-23(2,3)13-10-16(18(21)17(11-13)24(4,5)6)22-15-8-7-12(19)9-14(15)20;1-11-5-8-15(13(17)9-11)19-16-10-12(20(2,3)4)6-7-14(16)18;1-11-7-5-8-12(17)16(11)19-13-9-6-10-14(15(13)18)20(2,3)4;1-17-9-7-11(18-2)14(16)13(8-9)19-12-6-4-3-5-10(12)15;1-16-10-6-4-8-12(13(10)15)17-11-7-3-2-5-9(11)14;1-16-9-6-7-11(15)13(8-9)17-12-5-3-2-4-10(12)14;;;;;;;;;;;;;;;;;;/h7-11,21-22H,1-6H3;2*5-10,18-19H,1-4H3;3-8,16,19H,1-2H3;2*2-8,15,17H,1H3;12*1H;;;;;;/q;;;;;;;;;;;;;;;;;;6*+2/p-12. The molecular weight excluding hydrogens is 2640 g/mol.